The lowest BCUT2D eigenvalue weighted by Gasteiger charge is -2.39. The first-order valence-electron chi connectivity index (χ1n) is 10.8. The molecule has 0 aromatic heterocycles. The van der Waals surface area contributed by atoms with Gasteiger partial charge >= 0.3 is 0 Å². The molecule has 1 aliphatic rings. The molecule has 0 radical (unpaired) electrons. The van der Waals surface area contributed by atoms with Gasteiger partial charge in [0.2, 0.25) is 0 Å². The molecule has 1 aromatic rings. The summed E-state index contributed by atoms with van der Waals surface area (Å²) in [6.07, 6.45) is 3.34. The minimum Gasteiger partial charge on any atom is -0.377 e. The van der Waals surface area contributed by atoms with Crippen LogP contribution < -0.4 is 16.0 Å². The van der Waals surface area contributed by atoms with E-state index in [4.69, 9.17) is 9.73 Å². The van der Waals surface area contributed by atoms with Crippen molar-refractivity contribution in [1.82, 2.24) is 16.0 Å². The van der Waals surface area contributed by atoms with Crippen LogP contribution >= 0.6 is 0 Å². The third kappa shape index (κ3) is 7.35. The Balaban J connectivity index is 1.93. The molecule has 6 nitrogen and oxygen atoms in total. The van der Waals surface area contributed by atoms with Crippen molar-refractivity contribution >= 4 is 11.9 Å². The Morgan fingerprint density at radius 3 is 2.76 bits per heavy atom. The summed E-state index contributed by atoms with van der Waals surface area (Å²) in [4.78, 5) is 16.6. The summed E-state index contributed by atoms with van der Waals surface area (Å²) in [6, 6.07) is 7.75. The molecule has 0 saturated carbocycles. The SMILES string of the molecule is CCNC(=NCC1CCCOC1C(C)(C)C)NCCc1cccc(C(=O)NC)c1. The molecule has 3 N–H and O–H groups in total. The first kappa shape index (κ1) is 23.2. The van der Waals surface area contributed by atoms with E-state index in [1.54, 1.807) is 7.05 Å². The van der Waals surface area contributed by atoms with E-state index in [-0.39, 0.29) is 17.4 Å². The number of benzene rings is 1. The highest BCUT2D eigenvalue weighted by molar-refractivity contribution is 5.94. The summed E-state index contributed by atoms with van der Waals surface area (Å²) in [7, 11) is 1.65. The van der Waals surface area contributed by atoms with Crippen LogP contribution in [0.1, 0.15) is 56.5 Å². The van der Waals surface area contributed by atoms with Crippen molar-refractivity contribution in [2.24, 2.45) is 16.3 Å². The van der Waals surface area contributed by atoms with E-state index >= 15 is 0 Å². The first-order chi connectivity index (χ1) is 13.8. The lowest BCUT2D eigenvalue weighted by Crippen LogP contribution is -2.43. The van der Waals surface area contributed by atoms with Gasteiger partial charge in [0.05, 0.1) is 6.10 Å². The molecule has 2 unspecified atom stereocenters. The van der Waals surface area contributed by atoms with Crippen LogP contribution in [-0.2, 0) is 11.2 Å². The number of carbonyl (C=O) groups excluding carboxylic acids is 1. The van der Waals surface area contributed by atoms with Gasteiger partial charge in [-0.2, -0.15) is 0 Å². The molecule has 6 heteroatoms. The van der Waals surface area contributed by atoms with Gasteiger partial charge in [0.1, 0.15) is 0 Å². The third-order valence-corrected chi connectivity index (χ3v) is 5.25. The van der Waals surface area contributed by atoms with Crippen molar-refractivity contribution < 1.29 is 9.53 Å². The van der Waals surface area contributed by atoms with Crippen LogP contribution in [0.4, 0.5) is 0 Å². The molecular formula is C23H38N4O2. The number of hydrogen-bond donors (Lipinski definition) is 3. The van der Waals surface area contributed by atoms with E-state index in [0.717, 1.165) is 57.0 Å². The topological polar surface area (TPSA) is 74.8 Å². The van der Waals surface area contributed by atoms with Crippen molar-refractivity contribution in [3.63, 3.8) is 0 Å². The predicted molar refractivity (Wildman–Crippen MR) is 119 cm³/mol. The van der Waals surface area contributed by atoms with Crippen LogP contribution in [0.15, 0.2) is 29.3 Å². The van der Waals surface area contributed by atoms with Gasteiger partial charge in [0, 0.05) is 44.8 Å². The summed E-state index contributed by atoms with van der Waals surface area (Å²) < 4.78 is 6.08. The summed E-state index contributed by atoms with van der Waals surface area (Å²) >= 11 is 0. The molecule has 0 bridgehead atoms. The number of carbonyl (C=O) groups is 1. The minimum atomic E-state index is -0.0576. The van der Waals surface area contributed by atoms with Crippen LogP contribution in [-0.4, -0.2) is 51.3 Å². The van der Waals surface area contributed by atoms with Crippen molar-refractivity contribution in [3.05, 3.63) is 35.4 Å². The van der Waals surface area contributed by atoms with E-state index in [1.165, 1.54) is 0 Å². The van der Waals surface area contributed by atoms with Gasteiger partial charge in [0.15, 0.2) is 5.96 Å². The van der Waals surface area contributed by atoms with Crippen LogP contribution in [0, 0.1) is 11.3 Å². The van der Waals surface area contributed by atoms with Crippen LogP contribution in [0.2, 0.25) is 0 Å². The Morgan fingerprint density at radius 2 is 2.07 bits per heavy atom. The lowest BCUT2D eigenvalue weighted by atomic mass is 9.78. The van der Waals surface area contributed by atoms with E-state index in [9.17, 15) is 4.79 Å². The Bertz CT molecular complexity index is 682. The zero-order valence-electron chi connectivity index (χ0n) is 18.7. The molecule has 1 saturated heterocycles. The maximum absolute atomic E-state index is 11.8. The van der Waals surface area contributed by atoms with Gasteiger partial charge in [-0.25, -0.2) is 0 Å². The molecule has 1 fully saturated rings. The molecule has 162 valence electrons. The van der Waals surface area contributed by atoms with Gasteiger partial charge < -0.3 is 20.7 Å². The zero-order chi connectivity index (χ0) is 21.3. The second-order valence-electron chi connectivity index (χ2n) is 8.74. The van der Waals surface area contributed by atoms with E-state index < -0.39 is 0 Å². The standard InChI is InChI=1S/C23H38N4O2/c1-6-25-22(27-16-19-11-8-14-29-20(19)23(2,3)4)26-13-12-17-9-7-10-18(15-17)21(28)24-5/h7,9-10,15,19-20H,6,8,11-14,16H2,1-5H3,(H,24,28)(H2,25,26,27). The first-order valence-corrected chi connectivity index (χ1v) is 10.8. The fraction of sp³-hybridized carbons (Fsp3) is 0.652. The van der Waals surface area contributed by atoms with E-state index in [1.807, 2.05) is 24.3 Å². The highest BCUT2D eigenvalue weighted by Crippen LogP contribution is 2.34. The number of amides is 1. The van der Waals surface area contributed by atoms with Gasteiger partial charge in [-0.05, 0) is 49.3 Å². The van der Waals surface area contributed by atoms with Gasteiger partial charge in [-0.15, -0.1) is 0 Å². The average molecular weight is 403 g/mol. The molecule has 1 amide bonds. The Labute approximate surface area is 175 Å². The largest absolute Gasteiger partial charge is 0.377 e. The fourth-order valence-corrected chi connectivity index (χ4v) is 3.88. The number of ether oxygens (including phenoxy) is 1. The Morgan fingerprint density at radius 1 is 1.28 bits per heavy atom. The Hall–Kier alpha value is -2.08. The third-order valence-electron chi connectivity index (χ3n) is 5.25. The lowest BCUT2D eigenvalue weighted by molar-refractivity contribution is -0.0823. The van der Waals surface area contributed by atoms with Crippen LogP contribution in [0.5, 0.6) is 0 Å². The molecule has 1 aliphatic heterocycles. The number of nitrogens with one attached hydrogen (secondary N) is 3. The number of guanidine groups is 1. The summed E-state index contributed by atoms with van der Waals surface area (Å²) in [5.74, 6) is 1.23. The number of rotatable bonds is 7. The van der Waals surface area contributed by atoms with Gasteiger partial charge in [-0.1, -0.05) is 32.9 Å². The molecule has 0 aliphatic carbocycles. The normalized spacial score (nSPS) is 20.2. The zero-order valence-corrected chi connectivity index (χ0v) is 18.7. The van der Waals surface area contributed by atoms with Crippen LogP contribution in [0.3, 0.4) is 0 Å². The molecule has 0 spiro atoms. The smallest absolute Gasteiger partial charge is 0.251 e. The summed E-state index contributed by atoms with van der Waals surface area (Å²) in [5.41, 5.74) is 1.95. The molecule has 2 atom stereocenters. The number of nitrogens with zero attached hydrogens (tertiary/aromatic N) is 1. The Kier molecular flexibility index (Phi) is 8.96. The summed E-state index contributed by atoms with van der Waals surface area (Å²) in [6.45, 7) is 12.0. The average Bonchev–Trinajstić information content (AvgIpc) is 2.71. The maximum Gasteiger partial charge on any atom is 0.251 e. The maximum atomic E-state index is 11.8. The van der Waals surface area contributed by atoms with Gasteiger partial charge in [-0.3, -0.25) is 9.79 Å². The second kappa shape index (κ2) is 11.2. The molecular weight excluding hydrogens is 364 g/mol. The number of aliphatic imine (C=N–C) groups is 1. The number of hydrogen-bond acceptors (Lipinski definition) is 3. The van der Waals surface area contributed by atoms with Crippen LogP contribution in [0.25, 0.3) is 0 Å². The monoisotopic (exact) mass is 402 g/mol. The summed E-state index contributed by atoms with van der Waals surface area (Å²) in [5, 5.41) is 9.42. The molecule has 1 aromatic carbocycles. The van der Waals surface area contributed by atoms with E-state index in [0.29, 0.717) is 11.5 Å². The second-order valence-corrected chi connectivity index (χ2v) is 8.74. The molecule has 29 heavy (non-hydrogen) atoms. The minimum absolute atomic E-state index is 0.0576. The van der Waals surface area contributed by atoms with Crippen molar-refractivity contribution in [1.29, 1.82) is 0 Å². The van der Waals surface area contributed by atoms with Crippen molar-refractivity contribution in [2.45, 2.75) is 53.1 Å². The van der Waals surface area contributed by atoms with Gasteiger partial charge in [0.25, 0.3) is 5.91 Å². The predicted octanol–water partition coefficient (Wildman–Crippen LogP) is 2.99. The highest BCUT2D eigenvalue weighted by Gasteiger charge is 2.35. The quantitative estimate of drug-likeness (QED) is 0.484. The fourth-order valence-electron chi connectivity index (χ4n) is 3.88. The van der Waals surface area contributed by atoms with Crippen molar-refractivity contribution in [2.75, 3.05) is 33.3 Å². The highest BCUT2D eigenvalue weighted by atomic mass is 16.5. The molecule has 2 rings (SSSR count). The van der Waals surface area contributed by atoms with E-state index in [2.05, 4.69) is 43.6 Å². The van der Waals surface area contributed by atoms with Crippen molar-refractivity contribution in [3.8, 4) is 0 Å². The molecule has 1 heterocycles.